The Balaban J connectivity index is 3.96. The molecule has 4 nitrogen and oxygen atoms in total. The third kappa shape index (κ3) is 6.62. The highest BCUT2D eigenvalue weighted by atomic mass is 32.2. The van der Waals surface area contributed by atoms with Crippen LogP contribution in [0.3, 0.4) is 0 Å². The Hall–Kier alpha value is -0.420. The zero-order valence-corrected chi connectivity index (χ0v) is 10.5. The number of hydrogen-bond acceptors (Lipinski definition) is 4. The zero-order chi connectivity index (χ0) is 12.1. The smallest absolute Gasteiger partial charge is 0.150 e. The van der Waals surface area contributed by atoms with E-state index in [0.717, 1.165) is 0 Å². The number of nitrogens with two attached hydrogens (primary N) is 1. The minimum atomic E-state index is -3.03. The van der Waals surface area contributed by atoms with Gasteiger partial charge in [0.05, 0.1) is 5.75 Å². The molecule has 1 atom stereocenters. The fourth-order valence-corrected chi connectivity index (χ4v) is 1.84. The van der Waals surface area contributed by atoms with Crippen LogP contribution in [-0.2, 0) is 14.6 Å². The van der Waals surface area contributed by atoms with Crippen molar-refractivity contribution in [1.82, 2.24) is 0 Å². The van der Waals surface area contributed by atoms with Gasteiger partial charge in [-0.3, -0.25) is 4.79 Å². The number of rotatable bonds is 7. The van der Waals surface area contributed by atoms with E-state index in [2.05, 4.69) is 0 Å². The third-order valence-corrected chi connectivity index (χ3v) is 4.16. The van der Waals surface area contributed by atoms with Gasteiger partial charge in [0.15, 0.2) is 0 Å². The van der Waals surface area contributed by atoms with Gasteiger partial charge in [-0.25, -0.2) is 8.42 Å². The molecule has 0 spiro atoms. The Morgan fingerprint density at radius 2 is 1.87 bits per heavy atom. The molecule has 0 saturated carbocycles. The first-order valence-electron chi connectivity index (χ1n) is 5.26. The number of hydrogen-bond donors (Lipinski definition) is 1. The SMILES string of the molecule is CCS(=O)(=O)CCC(=O)CC(N)C(C)C. The summed E-state index contributed by atoms with van der Waals surface area (Å²) in [6.07, 6.45) is 0.369. The molecule has 15 heavy (non-hydrogen) atoms. The summed E-state index contributed by atoms with van der Waals surface area (Å²) >= 11 is 0. The normalized spacial score (nSPS) is 14.2. The van der Waals surface area contributed by atoms with Crippen LogP contribution in [0, 0.1) is 5.92 Å². The van der Waals surface area contributed by atoms with Crippen molar-refractivity contribution in [2.24, 2.45) is 11.7 Å². The molecular weight excluding hydrogens is 214 g/mol. The predicted octanol–water partition coefficient (Wildman–Crippen LogP) is 0.754. The number of carbonyl (C=O) groups is 1. The molecule has 0 aromatic carbocycles. The summed E-state index contributed by atoms with van der Waals surface area (Å²) in [6.45, 7) is 5.47. The average Bonchev–Trinajstić information content (AvgIpc) is 2.15. The summed E-state index contributed by atoms with van der Waals surface area (Å²) in [5.41, 5.74) is 5.72. The summed E-state index contributed by atoms with van der Waals surface area (Å²) < 4.78 is 22.3. The Bertz CT molecular complexity index is 296. The lowest BCUT2D eigenvalue weighted by Gasteiger charge is -2.14. The lowest BCUT2D eigenvalue weighted by atomic mass is 9.99. The molecule has 1 unspecified atom stereocenters. The van der Waals surface area contributed by atoms with Crippen LogP contribution < -0.4 is 5.73 Å². The monoisotopic (exact) mass is 235 g/mol. The Kier molecular flexibility index (Phi) is 6.05. The molecule has 0 rings (SSSR count). The van der Waals surface area contributed by atoms with Crippen molar-refractivity contribution >= 4 is 15.6 Å². The van der Waals surface area contributed by atoms with Crippen molar-refractivity contribution in [3.63, 3.8) is 0 Å². The van der Waals surface area contributed by atoms with Crippen LogP contribution in [0.4, 0.5) is 0 Å². The summed E-state index contributed by atoms with van der Waals surface area (Å²) in [7, 11) is -3.03. The van der Waals surface area contributed by atoms with Crippen molar-refractivity contribution in [3.8, 4) is 0 Å². The molecule has 0 fully saturated rings. The van der Waals surface area contributed by atoms with Crippen molar-refractivity contribution in [1.29, 1.82) is 0 Å². The molecule has 0 aliphatic rings. The van der Waals surface area contributed by atoms with Gasteiger partial charge in [0.1, 0.15) is 15.6 Å². The topological polar surface area (TPSA) is 77.2 Å². The summed E-state index contributed by atoms with van der Waals surface area (Å²) in [5, 5.41) is 0. The van der Waals surface area contributed by atoms with Gasteiger partial charge in [-0.15, -0.1) is 0 Å². The van der Waals surface area contributed by atoms with Crippen LogP contribution >= 0.6 is 0 Å². The molecule has 0 aliphatic heterocycles. The van der Waals surface area contributed by atoms with Gasteiger partial charge in [0.25, 0.3) is 0 Å². The molecule has 0 amide bonds. The number of ketones is 1. The van der Waals surface area contributed by atoms with E-state index in [-0.39, 0.29) is 42.1 Å². The maximum Gasteiger partial charge on any atom is 0.150 e. The Morgan fingerprint density at radius 1 is 1.33 bits per heavy atom. The zero-order valence-electron chi connectivity index (χ0n) is 9.69. The van der Waals surface area contributed by atoms with Gasteiger partial charge in [-0.2, -0.15) is 0 Å². The summed E-state index contributed by atoms with van der Waals surface area (Å²) in [4.78, 5) is 11.4. The first-order valence-corrected chi connectivity index (χ1v) is 7.08. The van der Waals surface area contributed by atoms with E-state index < -0.39 is 9.84 Å². The first-order chi connectivity index (χ1) is 6.78. The van der Waals surface area contributed by atoms with Crippen LogP contribution in [0.5, 0.6) is 0 Å². The fraction of sp³-hybridized carbons (Fsp3) is 0.900. The van der Waals surface area contributed by atoms with E-state index >= 15 is 0 Å². The van der Waals surface area contributed by atoms with E-state index in [4.69, 9.17) is 5.73 Å². The highest BCUT2D eigenvalue weighted by Gasteiger charge is 2.15. The standard InChI is InChI=1S/C10H21NO3S/c1-4-15(13,14)6-5-9(12)7-10(11)8(2)3/h8,10H,4-7,11H2,1-3H3. The van der Waals surface area contributed by atoms with Gasteiger partial charge in [0, 0.05) is 24.6 Å². The molecule has 5 heteroatoms. The van der Waals surface area contributed by atoms with E-state index in [1.54, 1.807) is 6.92 Å². The second-order valence-corrected chi connectivity index (χ2v) is 6.61. The van der Waals surface area contributed by atoms with E-state index in [1.807, 2.05) is 13.8 Å². The lowest BCUT2D eigenvalue weighted by Crippen LogP contribution is -2.29. The minimum Gasteiger partial charge on any atom is -0.327 e. The Morgan fingerprint density at radius 3 is 2.27 bits per heavy atom. The van der Waals surface area contributed by atoms with Crippen LogP contribution in [0.2, 0.25) is 0 Å². The molecule has 0 bridgehead atoms. The second-order valence-electron chi connectivity index (χ2n) is 4.14. The van der Waals surface area contributed by atoms with E-state index in [1.165, 1.54) is 0 Å². The predicted molar refractivity (Wildman–Crippen MR) is 61.4 cm³/mol. The minimum absolute atomic E-state index is 0.0485. The highest BCUT2D eigenvalue weighted by molar-refractivity contribution is 7.91. The van der Waals surface area contributed by atoms with Crippen molar-refractivity contribution < 1.29 is 13.2 Å². The molecular formula is C10H21NO3S. The quantitative estimate of drug-likeness (QED) is 0.706. The van der Waals surface area contributed by atoms with Crippen LogP contribution in [0.1, 0.15) is 33.6 Å². The maximum atomic E-state index is 11.4. The summed E-state index contributed by atoms with van der Waals surface area (Å²) in [5.74, 6) is 0.230. The van der Waals surface area contributed by atoms with Crippen molar-refractivity contribution in [2.45, 2.75) is 39.7 Å². The molecule has 0 aromatic rings. The molecule has 0 aromatic heterocycles. The van der Waals surface area contributed by atoms with Crippen molar-refractivity contribution in [3.05, 3.63) is 0 Å². The molecule has 0 aliphatic carbocycles. The van der Waals surface area contributed by atoms with Crippen LogP contribution in [0.25, 0.3) is 0 Å². The van der Waals surface area contributed by atoms with Gasteiger partial charge >= 0.3 is 0 Å². The molecule has 2 N–H and O–H groups in total. The Labute approximate surface area is 92.2 Å². The molecule has 0 heterocycles. The van der Waals surface area contributed by atoms with E-state index in [0.29, 0.717) is 0 Å². The molecule has 0 saturated heterocycles. The average molecular weight is 235 g/mol. The fourth-order valence-electron chi connectivity index (χ4n) is 1.01. The molecule has 0 radical (unpaired) electrons. The van der Waals surface area contributed by atoms with Gasteiger partial charge in [0.2, 0.25) is 0 Å². The van der Waals surface area contributed by atoms with E-state index in [9.17, 15) is 13.2 Å². The van der Waals surface area contributed by atoms with Gasteiger partial charge in [-0.05, 0) is 5.92 Å². The number of sulfone groups is 1. The van der Waals surface area contributed by atoms with Gasteiger partial charge < -0.3 is 5.73 Å². The molecule has 90 valence electrons. The second kappa shape index (κ2) is 6.23. The van der Waals surface area contributed by atoms with Crippen LogP contribution in [-0.4, -0.2) is 31.7 Å². The van der Waals surface area contributed by atoms with Crippen molar-refractivity contribution in [2.75, 3.05) is 11.5 Å². The lowest BCUT2D eigenvalue weighted by molar-refractivity contribution is -0.119. The maximum absolute atomic E-state index is 11.4. The highest BCUT2D eigenvalue weighted by Crippen LogP contribution is 2.06. The number of Topliss-reactive ketones (excluding diaryl/α,β-unsaturated/α-hetero) is 1. The van der Waals surface area contributed by atoms with Crippen LogP contribution in [0.15, 0.2) is 0 Å². The number of carbonyl (C=O) groups excluding carboxylic acids is 1. The summed E-state index contributed by atoms with van der Waals surface area (Å²) in [6, 6.07) is -0.165. The largest absolute Gasteiger partial charge is 0.327 e. The first kappa shape index (κ1) is 14.6. The van der Waals surface area contributed by atoms with Gasteiger partial charge in [-0.1, -0.05) is 20.8 Å². The third-order valence-electron chi connectivity index (χ3n) is 2.45.